The molecule has 5 aromatic rings. The lowest BCUT2D eigenvalue weighted by molar-refractivity contribution is 0.384. The highest BCUT2D eigenvalue weighted by molar-refractivity contribution is 7.89. The van der Waals surface area contributed by atoms with Crippen LogP contribution in [0.4, 0.5) is 11.5 Å². The van der Waals surface area contributed by atoms with Crippen molar-refractivity contribution in [1.29, 1.82) is 0 Å². The number of sulfonamides is 1. The number of nitrogens with zero attached hydrogens (tertiary/aromatic N) is 6. The summed E-state index contributed by atoms with van der Waals surface area (Å²) in [5.74, 6) is 2.31. The van der Waals surface area contributed by atoms with Gasteiger partial charge in [0, 0.05) is 68.0 Å². The number of anilines is 2. The molecule has 8 nitrogen and oxygen atoms in total. The standard InChI is InChI=1S/C32H34N6O2S2/c1-21-9-14-25-26(20-21)41-32-28(25)31(34-30(35-32)23-10-12-24(13-11-23)36(2)3)37-16-18-38(19-17-37)42(39,40)27-8-4-6-22-7-5-15-33-29(22)27/h4-8,10-13,15,21H,9,14,16-20H2,1-3H3. The molecule has 0 radical (unpaired) electrons. The van der Waals surface area contributed by atoms with Gasteiger partial charge in [-0.25, -0.2) is 18.4 Å². The van der Waals surface area contributed by atoms with Crippen molar-refractivity contribution in [3.8, 4) is 11.4 Å². The second kappa shape index (κ2) is 10.6. The maximum atomic E-state index is 13.8. The van der Waals surface area contributed by atoms with E-state index in [0.29, 0.717) is 43.4 Å². The molecule has 42 heavy (non-hydrogen) atoms. The van der Waals surface area contributed by atoms with Crippen LogP contribution in [0.15, 0.2) is 65.7 Å². The van der Waals surface area contributed by atoms with Crippen molar-refractivity contribution in [1.82, 2.24) is 19.3 Å². The molecule has 0 saturated carbocycles. The molecule has 10 heteroatoms. The van der Waals surface area contributed by atoms with E-state index in [-0.39, 0.29) is 4.90 Å². The van der Waals surface area contributed by atoms with Gasteiger partial charge in [-0.3, -0.25) is 4.98 Å². The van der Waals surface area contributed by atoms with Gasteiger partial charge in [0.15, 0.2) is 5.82 Å². The fraction of sp³-hybridized carbons (Fsp3) is 0.344. The molecular formula is C32H34N6O2S2. The quantitative estimate of drug-likeness (QED) is 0.260. The summed E-state index contributed by atoms with van der Waals surface area (Å²) in [7, 11) is 0.363. The number of thiophene rings is 1. The highest BCUT2D eigenvalue weighted by Gasteiger charge is 2.33. The van der Waals surface area contributed by atoms with Crippen LogP contribution < -0.4 is 9.80 Å². The van der Waals surface area contributed by atoms with Gasteiger partial charge in [0.05, 0.1) is 10.9 Å². The third-order valence-electron chi connectivity index (χ3n) is 8.53. The SMILES string of the molecule is CC1CCc2c(sc3nc(-c4ccc(N(C)C)cc4)nc(N4CCN(S(=O)(=O)c5cccc6cccnc56)CC4)c23)C1. The van der Waals surface area contributed by atoms with Gasteiger partial charge in [-0.15, -0.1) is 11.3 Å². The van der Waals surface area contributed by atoms with Crippen molar-refractivity contribution < 1.29 is 8.42 Å². The molecule has 2 aromatic carbocycles. The average Bonchev–Trinajstić information content (AvgIpc) is 3.37. The van der Waals surface area contributed by atoms with Crippen LogP contribution in [0, 0.1) is 5.92 Å². The molecule has 1 aliphatic carbocycles. The van der Waals surface area contributed by atoms with Crippen molar-refractivity contribution in [3.63, 3.8) is 0 Å². The topological polar surface area (TPSA) is 82.5 Å². The number of hydrogen-bond donors (Lipinski definition) is 0. The van der Waals surface area contributed by atoms with E-state index in [0.717, 1.165) is 51.9 Å². The summed E-state index contributed by atoms with van der Waals surface area (Å²) in [5, 5.41) is 1.98. The maximum Gasteiger partial charge on any atom is 0.245 e. The van der Waals surface area contributed by atoms with Crippen LogP contribution in [-0.2, 0) is 22.9 Å². The number of piperazine rings is 1. The second-order valence-electron chi connectivity index (χ2n) is 11.6. The normalized spacial score (nSPS) is 18.0. The Labute approximate surface area is 250 Å². The molecular weight excluding hydrogens is 565 g/mol. The van der Waals surface area contributed by atoms with Crippen LogP contribution in [0.5, 0.6) is 0 Å². The molecule has 0 amide bonds. The molecule has 3 aromatic heterocycles. The van der Waals surface area contributed by atoms with Crippen LogP contribution >= 0.6 is 11.3 Å². The monoisotopic (exact) mass is 598 g/mol. The molecule has 1 aliphatic heterocycles. The largest absolute Gasteiger partial charge is 0.378 e. The lowest BCUT2D eigenvalue weighted by atomic mass is 9.89. The fourth-order valence-electron chi connectivity index (χ4n) is 6.15. The molecule has 0 N–H and O–H groups in total. The fourth-order valence-corrected chi connectivity index (χ4v) is 9.12. The molecule has 1 unspecified atom stereocenters. The number of para-hydroxylation sites is 1. The predicted molar refractivity (Wildman–Crippen MR) is 171 cm³/mol. The van der Waals surface area contributed by atoms with E-state index in [1.165, 1.54) is 10.4 Å². The molecule has 7 rings (SSSR count). The zero-order chi connectivity index (χ0) is 29.0. The Morgan fingerprint density at radius 2 is 1.71 bits per heavy atom. The summed E-state index contributed by atoms with van der Waals surface area (Å²) < 4.78 is 29.2. The van der Waals surface area contributed by atoms with Crippen molar-refractivity contribution in [2.75, 3.05) is 50.1 Å². The number of aryl methyl sites for hydroxylation is 1. The van der Waals surface area contributed by atoms with E-state index < -0.39 is 10.0 Å². The Hall–Kier alpha value is -3.60. The summed E-state index contributed by atoms with van der Waals surface area (Å²) in [6.07, 6.45) is 4.92. The van der Waals surface area contributed by atoms with E-state index in [4.69, 9.17) is 9.97 Å². The number of rotatable bonds is 5. The minimum absolute atomic E-state index is 0.267. The van der Waals surface area contributed by atoms with Gasteiger partial charge in [0.1, 0.15) is 15.5 Å². The van der Waals surface area contributed by atoms with E-state index in [1.807, 2.05) is 32.3 Å². The first-order valence-corrected chi connectivity index (χ1v) is 16.7. The molecule has 0 spiro atoms. The van der Waals surface area contributed by atoms with E-state index in [2.05, 4.69) is 46.0 Å². The summed E-state index contributed by atoms with van der Waals surface area (Å²) in [4.78, 5) is 21.7. The number of hydrogen-bond acceptors (Lipinski definition) is 8. The molecule has 2 aliphatic rings. The summed E-state index contributed by atoms with van der Waals surface area (Å²) in [6.45, 7) is 4.20. The average molecular weight is 599 g/mol. The molecule has 4 heterocycles. The van der Waals surface area contributed by atoms with Gasteiger partial charge in [-0.1, -0.05) is 25.1 Å². The molecule has 1 saturated heterocycles. The van der Waals surface area contributed by atoms with Gasteiger partial charge < -0.3 is 9.80 Å². The summed E-state index contributed by atoms with van der Waals surface area (Å²) in [5.41, 5.74) is 4.01. The first kappa shape index (κ1) is 27.2. The molecule has 1 fully saturated rings. The lowest BCUT2D eigenvalue weighted by Gasteiger charge is -2.35. The number of pyridine rings is 1. The third kappa shape index (κ3) is 4.71. The number of aromatic nitrogens is 3. The highest BCUT2D eigenvalue weighted by atomic mass is 32.2. The van der Waals surface area contributed by atoms with E-state index in [9.17, 15) is 8.42 Å². The first-order valence-electron chi connectivity index (χ1n) is 14.5. The van der Waals surface area contributed by atoms with Gasteiger partial charge in [-0.05, 0) is 67.1 Å². The van der Waals surface area contributed by atoms with E-state index >= 15 is 0 Å². The van der Waals surface area contributed by atoms with Gasteiger partial charge >= 0.3 is 0 Å². The molecule has 1 atom stereocenters. The van der Waals surface area contributed by atoms with E-state index in [1.54, 1.807) is 34.0 Å². The Morgan fingerprint density at radius 1 is 0.952 bits per heavy atom. The zero-order valence-corrected chi connectivity index (χ0v) is 25.7. The maximum absolute atomic E-state index is 13.8. The van der Waals surface area contributed by atoms with Crippen molar-refractivity contribution in [2.24, 2.45) is 5.92 Å². The first-order chi connectivity index (χ1) is 20.3. The van der Waals surface area contributed by atoms with Gasteiger partial charge in [0.25, 0.3) is 0 Å². The van der Waals surface area contributed by atoms with Gasteiger partial charge in [0.2, 0.25) is 10.0 Å². The van der Waals surface area contributed by atoms with Crippen LogP contribution in [0.3, 0.4) is 0 Å². The summed E-state index contributed by atoms with van der Waals surface area (Å²) in [6, 6.07) is 17.4. The van der Waals surface area contributed by atoms with Crippen LogP contribution in [0.25, 0.3) is 32.5 Å². The third-order valence-corrected chi connectivity index (χ3v) is 11.6. The second-order valence-corrected chi connectivity index (χ2v) is 14.6. The van der Waals surface area contributed by atoms with Crippen LogP contribution in [-0.4, -0.2) is 67.9 Å². The molecule has 216 valence electrons. The minimum Gasteiger partial charge on any atom is -0.378 e. The number of fused-ring (bicyclic) bond motifs is 4. The van der Waals surface area contributed by atoms with Crippen molar-refractivity contribution in [3.05, 3.63) is 71.2 Å². The highest BCUT2D eigenvalue weighted by Crippen LogP contribution is 2.42. The summed E-state index contributed by atoms with van der Waals surface area (Å²) >= 11 is 1.80. The Bertz CT molecular complexity index is 1890. The number of benzene rings is 2. The lowest BCUT2D eigenvalue weighted by Crippen LogP contribution is -2.49. The predicted octanol–water partition coefficient (Wildman–Crippen LogP) is 5.61. The van der Waals surface area contributed by atoms with Crippen LogP contribution in [0.1, 0.15) is 23.8 Å². The minimum atomic E-state index is -3.70. The zero-order valence-electron chi connectivity index (χ0n) is 24.1. The molecule has 0 bridgehead atoms. The Kier molecular flexibility index (Phi) is 6.87. The van der Waals surface area contributed by atoms with Gasteiger partial charge in [-0.2, -0.15) is 4.31 Å². The van der Waals surface area contributed by atoms with Crippen molar-refractivity contribution in [2.45, 2.75) is 31.1 Å². The Balaban J connectivity index is 1.24. The smallest absolute Gasteiger partial charge is 0.245 e. The Morgan fingerprint density at radius 3 is 2.48 bits per heavy atom. The van der Waals surface area contributed by atoms with Crippen molar-refractivity contribution >= 4 is 54.0 Å². The van der Waals surface area contributed by atoms with Crippen LogP contribution in [0.2, 0.25) is 0 Å².